The average Bonchev–Trinajstić information content (AvgIpc) is 2.78. The minimum atomic E-state index is -1.70. The van der Waals surface area contributed by atoms with Gasteiger partial charge < -0.3 is 0 Å². The highest BCUT2D eigenvalue weighted by Gasteiger charge is 2.50. The molecule has 0 radical (unpaired) electrons. The summed E-state index contributed by atoms with van der Waals surface area (Å²) in [6, 6.07) is 0. The van der Waals surface area contributed by atoms with E-state index in [0.717, 1.165) is 49.2 Å². The van der Waals surface area contributed by atoms with Gasteiger partial charge in [-0.15, -0.1) is 0 Å². The maximum Gasteiger partial charge on any atom is 0.255 e. The zero-order valence-corrected chi connectivity index (χ0v) is 12.5. The number of ketones is 1. The van der Waals surface area contributed by atoms with Crippen LogP contribution < -0.4 is 0 Å². The molecule has 0 N–H and O–H groups in total. The highest BCUT2D eigenvalue weighted by molar-refractivity contribution is 14.1. The SMILES string of the molecule is O=CC(I)(C(=O)C1CCCCC1)N1C(=O)C=CC1=O. The Kier molecular flexibility index (Phi) is 4.17. The first-order valence-corrected chi connectivity index (χ1v) is 7.34. The molecule has 1 saturated carbocycles. The molecule has 0 aromatic carbocycles. The molecule has 0 aromatic rings. The minimum absolute atomic E-state index is 0.239. The molecule has 0 aromatic heterocycles. The third-order valence-corrected chi connectivity index (χ3v) is 4.88. The first-order chi connectivity index (χ1) is 9.00. The zero-order chi connectivity index (χ0) is 14.0. The van der Waals surface area contributed by atoms with Crippen LogP contribution in [0.5, 0.6) is 0 Å². The number of hydrogen-bond acceptors (Lipinski definition) is 4. The Bertz CT molecular complexity index is 449. The summed E-state index contributed by atoms with van der Waals surface area (Å²) in [6.45, 7) is 0. The lowest BCUT2D eigenvalue weighted by Gasteiger charge is -2.33. The Hall–Kier alpha value is -1.05. The summed E-state index contributed by atoms with van der Waals surface area (Å²) in [7, 11) is 0. The van der Waals surface area contributed by atoms with E-state index in [2.05, 4.69) is 0 Å². The number of amides is 2. The second-order valence-corrected chi connectivity index (χ2v) is 6.48. The molecule has 1 aliphatic heterocycles. The standard InChI is InChI=1S/C13H14INO4/c14-13(8-16,15-10(17)6-7-11(15)18)12(19)9-4-2-1-3-5-9/h6-9H,1-5H2. The fourth-order valence-corrected chi connectivity index (χ4v) is 3.51. The largest absolute Gasteiger partial charge is 0.299 e. The Morgan fingerprint density at radius 1 is 1.21 bits per heavy atom. The van der Waals surface area contributed by atoms with Crippen LogP contribution in [-0.2, 0) is 19.2 Å². The van der Waals surface area contributed by atoms with Gasteiger partial charge in [0, 0.05) is 18.1 Å². The van der Waals surface area contributed by atoms with Gasteiger partial charge in [0.05, 0.1) is 0 Å². The predicted octanol–water partition coefficient (Wildman–Crippen LogP) is 1.39. The van der Waals surface area contributed by atoms with Crippen LogP contribution in [0, 0.1) is 5.92 Å². The van der Waals surface area contributed by atoms with Crippen molar-refractivity contribution in [3.63, 3.8) is 0 Å². The number of Topliss-reactive ketones (excluding diaryl/α,β-unsaturated/α-hetero) is 1. The number of carbonyl (C=O) groups is 4. The number of rotatable bonds is 4. The van der Waals surface area contributed by atoms with E-state index in [1.165, 1.54) is 0 Å². The summed E-state index contributed by atoms with van der Waals surface area (Å²) < 4.78 is -1.70. The van der Waals surface area contributed by atoms with E-state index in [0.29, 0.717) is 6.29 Å². The number of hydrogen-bond donors (Lipinski definition) is 0. The molecule has 2 rings (SSSR count). The molecule has 1 fully saturated rings. The summed E-state index contributed by atoms with van der Waals surface area (Å²) in [6.07, 6.45) is 7.02. The molecule has 19 heavy (non-hydrogen) atoms. The first-order valence-electron chi connectivity index (χ1n) is 6.26. The third kappa shape index (κ3) is 2.50. The maximum absolute atomic E-state index is 12.5. The summed E-state index contributed by atoms with van der Waals surface area (Å²) in [5, 5.41) is 0. The van der Waals surface area contributed by atoms with Crippen LogP contribution in [0.2, 0.25) is 0 Å². The topological polar surface area (TPSA) is 71.5 Å². The predicted molar refractivity (Wildman–Crippen MR) is 75.4 cm³/mol. The van der Waals surface area contributed by atoms with Gasteiger partial charge in [-0.25, -0.2) is 4.90 Å². The highest BCUT2D eigenvalue weighted by Crippen LogP contribution is 2.34. The van der Waals surface area contributed by atoms with Crippen LogP contribution >= 0.6 is 22.6 Å². The average molecular weight is 375 g/mol. The fourth-order valence-electron chi connectivity index (χ4n) is 2.59. The lowest BCUT2D eigenvalue weighted by Crippen LogP contribution is -2.56. The van der Waals surface area contributed by atoms with Crippen molar-refractivity contribution in [3.8, 4) is 0 Å². The maximum atomic E-state index is 12.5. The van der Waals surface area contributed by atoms with Crippen molar-refractivity contribution in [2.45, 2.75) is 35.6 Å². The van der Waals surface area contributed by atoms with E-state index in [9.17, 15) is 19.2 Å². The Labute approximate surface area is 124 Å². The zero-order valence-electron chi connectivity index (χ0n) is 10.3. The molecule has 2 amide bonds. The van der Waals surface area contributed by atoms with E-state index >= 15 is 0 Å². The van der Waals surface area contributed by atoms with E-state index < -0.39 is 15.4 Å². The van der Waals surface area contributed by atoms with Gasteiger partial charge in [0.15, 0.2) is 12.1 Å². The normalized spacial score (nSPS) is 23.5. The first kappa shape index (κ1) is 14.4. The van der Waals surface area contributed by atoms with Crippen molar-refractivity contribution in [3.05, 3.63) is 12.2 Å². The molecule has 0 spiro atoms. The summed E-state index contributed by atoms with van der Waals surface area (Å²) in [5.74, 6) is -1.77. The van der Waals surface area contributed by atoms with E-state index in [1.807, 2.05) is 0 Å². The minimum Gasteiger partial charge on any atom is -0.299 e. The van der Waals surface area contributed by atoms with Crippen LogP contribution in [0.25, 0.3) is 0 Å². The van der Waals surface area contributed by atoms with Gasteiger partial charge in [-0.1, -0.05) is 19.3 Å². The lowest BCUT2D eigenvalue weighted by atomic mass is 9.83. The smallest absolute Gasteiger partial charge is 0.255 e. The molecule has 1 heterocycles. The van der Waals surface area contributed by atoms with Gasteiger partial charge >= 0.3 is 0 Å². The number of alkyl halides is 1. The van der Waals surface area contributed by atoms with Crippen LogP contribution in [0.4, 0.5) is 0 Å². The number of carbonyl (C=O) groups excluding carboxylic acids is 4. The summed E-state index contributed by atoms with van der Waals surface area (Å²) in [4.78, 5) is 48.0. The molecule has 102 valence electrons. The van der Waals surface area contributed by atoms with Crippen LogP contribution in [0.15, 0.2) is 12.2 Å². The molecule has 1 unspecified atom stereocenters. The summed E-state index contributed by atoms with van der Waals surface area (Å²) in [5.41, 5.74) is 0. The van der Waals surface area contributed by atoms with Crippen molar-refractivity contribution >= 4 is 46.5 Å². The van der Waals surface area contributed by atoms with Gasteiger partial charge in [-0.2, -0.15) is 0 Å². The number of nitrogens with zero attached hydrogens (tertiary/aromatic N) is 1. The second-order valence-electron chi connectivity index (χ2n) is 4.84. The monoisotopic (exact) mass is 375 g/mol. The fraction of sp³-hybridized carbons (Fsp3) is 0.538. The molecule has 1 aliphatic carbocycles. The molecule has 2 aliphatic rings. The van der Waals surface area contributed by atoms with E-state index in [4.69, 9.17) is 0 Å². The lowest BCUT2D eigenvalue weighted by molar-refractivity contribution is -0.149. The Morgan fingerprint density at radius 2 is 1.74 bits per heavy atom. The molecular weight excluding hydrogens is 361 g/mol. The van der Waals surface area contributed by atoms with Crippen LogP contribution in [0.3, 0.4) is 0 Å². The van der Waals surface area contributed by atoms with Gasteiger partial charge in [0.1, 0.15) is 0 Å². The van der Waals surface area contributed by atoms with Gasteiger partial charge in [-0.3, -0.25) is 19.2 Å². The van der Waals surface area contributed by atoms with Gasteiger partial charge in [0.2, 0.25) is 3.55 Å². The molecule has 0 bridgehead atoms. The van der Waals surface area contributed by atoms with Crippen LogP contribution in [-0.4, -0.2) is 32.3 Å². The van der Waals surface area contributed by atoms with Gasteiger partial charge in [0.25, 0.3) is 11.8 Å². The quantitative estimate of drug-likeness (QED) is 0.186. The van der Waals surface area contributed by atoms with Crippen molar-refractivity contribution in [2.24, 2.45) is 5.92 Å². The third-order valence-electron chi connectivity index (χ3n) is 3.61. The van der Waals surface area contributed by atoms with E-state index in [-0.39, 0.29) is 11.7 Å². The Morgan fingerprint density at radius 3 is 2.21 bits per heavy atom. The van der Waals surface area contributed by atoms with E-state index in [1.54, 1.807) is 22.6 Å². The number of aldehydes is 1. The number of imide groups is 1. The second kappa shape index (κ2) is 5.52. The summed E-state index contributed by atoms with van der Waals surface area (Å²) >= 11 is 1.63. The molecule has 1 atom stereocenters. The molecular formula is C13H14INO4. The molecule has 0 saturated heterocycles. The highest BCUT2D eigenvalue weighted by atomic mass is 127. The van der Waals surface area contributed by atoms with Crippen molar-refractivity contribution < 1.29 is 19.2 Å². The van der Waals surface area contributed by atoms with Crippen molar-refractivity contribution in [1.82, 2.24) is 4.90 Å². The van der Waals surface area contributed by atoms with Crippen molar-refractivity contribution in [2.75, 3.05) is 0 Å². The Balaban J connectivity index is 2.26. The molecule has 5 nitrogen and oxygen atoms in total. The van der Waals surface area contributed by atoms with Crippen molar-refractivity contribution in [1.29, 1.82) is 0 Å². The van der Waals surface area contributed by atoms with Crippen LogP contribution in [0.1, 0.15) is 32.1 Å². The molecule has 6 heteroatoms. The number of halogens is 1. The van der Waals surface area contributed by atoms with Gasteiger partial charge in [-0.05, 0) is 35.4 Å².